The van der Waals surface area contributed by atoms with Gasteiger partial charge in [-0.25, -0.2) is 4.39 Å². The Labute approximate surface area is 178 Å². The van der Waals surface area contributed by atoms with Crippen LogP contribution in [0.25, 0.3) is 22.4 Å². The van der Waals surface area contributed by atoms with Crippen molar-refractivity contribution in [2.24, 2.45) is 0 Å². The third kappa shape index (κ3) is 3.48. The highest BCUT2D eigenvalue weighted by Crippen LogP contribution is 2.39. The summed E-state index contributed by atoms with van der Waals surface area (Å²) in [6.07, 6.45) is 1.66. The molecule has 0 spiro atoms. The number of ether oxygens (including phenoxy) is 1. The van der Waals surface area contributed by atoms with Gasteiger partial charge in [0.25, 0.3) is 5.91 Å². The Bertz CT molecular complexity index is 1290. The molecule has 0 atom stereocenters. The Morgan fingerprint density at radius 3 is 2.61 bits per heavy atom. The number of rotatable bonds is 4. The molecule has 0 fully saturated rings. The van der Waals surface area contributed by atoms with E-state index in [1.54, 1.807) is 18.4 Å². The number of halogens is 1. The summed E-state index contributed by atoms with van der Waals surface area (Å²) in [6.45, 7) is 4.38. The van der Waals surface area contributed by atoms with Gasteiger partial charge >= 0.3 is 0 Å². The molecule has 1 N–H and O–H groups in total. The van der Waals surface area contributed by atoms with Crippen molar-refractivity contribution in [3.05, 3.63) is 77.6 Å². The first-order valence-electron chi connectivity index (χ1n) is 9.93. The summed E-state index contributed by atoms with van der Waals surface area (Å²) in [4.78, 5) is 11.8. The zero-order valence-corrected chi connectivity index (χ0v) is 17.1. The van der Waals surface area contributed by atoms with Crippen LogP contribution in [-0.4, -0.2) is 22.3 Å². The number of furan rings is 1. The van der Waals surface area contributed by atoms with Crippen molar-refractivity contribution in [2.45, 2.75) is 20.4 Å². The van der Waals surface area contributed by atoms with Gasteiger partial charge < -0.3 is 14.5 Å². The molecule has 31 heavy (non-hydrogen) atoms. The molecule has 0 aliphatic carbocycles. The van der Waals surface area contributed by atoms with Crippen molar-refractivity contribution in [3.8, 4) is 28.1 Å². The van der Waals surface area contributed by atoms with Crippen molar-refractivity contribution < 1.29 is 18.3 Å². The number of hydrogen-bond donors (Lipinski definition) is 1. The second-order valence-corrected chi connectivity index (χ2v) is 7.52. The average molecular weight is 417 g/mol. The molecule has 1 aliphatic rings. The Kier molecular flexibility index (Phi) is 4.58. The monoisotopic (exact) mass is 417 g/mol. The summed E-state index contributed by atoms with van der Waals surface area (Å²) in [5.74, 6) is 0.970. The van der Waals surface area contributed by atoms with Crippen LogP contribution in [-0.2, 0) is 11.3 Å². The average Bonchev–Trinajstić information content (AvgIpc) is 3.30. The van der Waals surface area contributed by atoms with Crippen LogP contribution in [0.5, 0.6) is 5.75 Å². The molecule has 1 amide bonds. The number of nitrogens with zero attached hydrogens (tertiary/aromatic N) is 2. The van der Waals surface area contributed by atoms with E-state index in [9.17, 15) is 9.18 Å². The number of nitrogens with one attached hydrogen (secondary N) is 1. The molecule has 6 nitrogen and oxygen atoms in total. The van der Waals surface area contributed by atoms with Gasteiger partial charge in [0, 0.05) is 16.7 Å². The van der Waals surface area contributed by atoms with E-state index in [2.05, 4.69) is 5.32 Å². The van der Waals surface area contributed by atoms with Crippen molar-refractivity contribution in [2.75, 3.05) is 11.9 Å². The topological polar surface area (TPSA) is 69.3 Å². The molecular weight excluding hydrogens is 397 g/mol. The minimum absolute atomic E-state index is 0.00812. The Morgan fingerprint density at radius 2 is 1.87 bits per heavy atom. The second-order valence-electron chi connectivity index (χ2n) is 7.52. The fourth-order valence-electron chi connectivity index (χ4n) is 3.92. The number of anilines is 1. The van der Waals surface area contributed by atoms with Crippen molar-refractivity contribution in [3.63, 3.8) is 0 Å². The number of hydrogen-bond acceptors (Lipinski definition) is 4. The van der Waals surface area contributed by atoms with Crippen LogP contribution in [0.4, 0.5) is 10.1 Å². The maximum Gasteiger partial charge on any atom is 0.262 e. The van der Waals surface area contributed by atoms with Crippen LogP contribution in [0.2, 0.25) is 0 Å². The maximum atomic E-state index is 13.6. The van der Waals surface area contributed by atoms with Gasteiger partial charge in [-0.1, -0.05) is 6.07 Å². The molecule has 2 aromatic carbocycles. The number of benzene rings is 2. The first kappa shape index (κ1) is 19.1. The zero-order chi connectivity index (χ0) is 21.5. The standard InChI is InChI=1S/C24H20FN3O3/c1-14-23(17-5-8-21-20(11-17)26-22(29)13-31-21)24(16-3-6-19(25)7-4-16)28(27-14)12-18-9-10-30-15(18)2/h3-11H,12-13H2,1-2H3,(H,26,29). The summed E-state index contributed by atoms with van der Waals surface area (Å²) in [7, 11) is 0. The maximum absolute atomic E-state index is 13.6. The largest absolute Gasteiger partial charge is 0.482 e. The summed E-state index contributed by atoms with van der Waals surface area (Å²) >= 11 is 0. The predicted octanol–water partition coefficient (Wildman–Crippen LogP) is 4.95. The van der Waals surface area contributed by atoms with Crippen LogP contribution >= 0.6 is 0 Å². The van der Waals surface area contributed by atoms with Crippen LogP contribution < -0.4 is 10.1 Å². The first-order chi connectivity index (χ1) is 15.0. The summed E-state index contributed by atoms with van der Waals surface area (Å²) in [5.41, 5.74) is 5.97. The number of amides is 1. The number of carbonyl (C=O) groups is 1. The fourth-order valence-corrected chi connectivity index (χ4v) is 3.92. The minimum atomic E-state index is -0.299. The van der Waals surface area contributed by atoms with E-state index < -0.39 is 0 Å². The normalized spacial score (nSPS) is 12.9. The molecule has 0 radical (unpaired) electrons. The Balaban J connectivity index is 1.68. The molecular formula is C24H20FN3O3. The first-order valence-corrected chi connectivity index (χ1v) is 9.93. The Hall–Kier alpha value is -3.87. The highest BCUT2D eigenvalue weighted by Gasteiger charge is 2.22. The van der Waals surface area contributed by atoms with Gasteiger partial charge in [0.05, 0.1) is 29.9 Å². The van der Waals surface area contributed by atoms with E-state index in [-0.39, 0.29) is 18.3 Å². The van der Waals surface area contributed by atoms with Gasteiger partial charge in [-0.3, -0.25) is 9.48 Å². The van der Waals surface area contributed by atoms with Crippen molar-refractivity contribution >= 4 is 11.6 Å². The third-order valence-electron chi connectivity index (χ3n) is 5.43. The summed E-state index contributed by atoms with van der Waals surface area (Å²) in [6, 6.07) is 14.0. The molecule has 7 heteroatoms. The van der Waals surface area contributed by atoms with Crippen molar-refractivity contribution in [1.29, 1.82) is 0 Å². The second kappa shape index (κ2) is 7.43. The lowest BCUT2D eigenvalue weighted by atomic mass is 9.98. The van der Waals surface area contributed by atoms with E-state index >= 15 is 0 Å². The number of aromatic nitrogens is 2. The van der Waals surface area contributed by atoms with Gasteiger partial charge in [-0.15, -0.1) is 0 Å². The summed E-state index contributed by atoms with van der Waals surface area (Å²) in [5, 5.41) is 7.65. The highest BCUT2D eigenvalue weighted by atomic mass is 19.1. The molecule has 0 saturated carbocycles. The van der Waals surface area contributed by atoms with Gasteiger partial charge in [0.15, 0.2) is 6.61 Å². The van der Waals surface area contributed by atoms with E-state index in [0.717, 1.165) is 39.4 Å². The van der Waals surface area contributed by atoms with Crippen molar-refractivity contribution in [1.82, 2.24) is 9.78 Å². The minimum Gasteiger partial charge on any atom is -0.482 e. The molecule has 156 valence electrons. The van der Waals surface area contributed by atoms with Gasteiger partial charge in [0.1, 0.15) is 17.3 Å². The lowest BCUT2D eigenvalue weighted by Gasteiger charge is -2.19. The van der Waals surface area contributed by atoms with Crippen LogP contribution in [0.1, 0.15) is 17.0 Å². The quantitative estimate of drug-likeness (QED) is 0.510. The molecule has 0 bridgehead atoms. The molecule has 4 aromatic rings. The van der Waals surface area contributed by atoms with E-state index in [1.165, 1.54) is 12.1 Å². The Morgan fingerprint density at radius 1 is 1.10 bits per heavy atom. The molecule has 0 unspecified atom stereocenters. The van der Waals surface area contributed by atoms with Crippen LogP contribution in [0, 0.1) is 19.7 Å². The van der Waals surface area contributed by atoms with Gasteiger partial charge in [-0.05, 0) is 61.9 Å². The molecule has 5 rings (SSSR count). The smallest absolute Gasteiger partial charge is 0.262 e. The lowest BCUT2D eigenvalue weighted by molar-refractivity contribution is -0.118. The van der Waals surface area contributed by atoms with E-state index in [4.69, 9.17) is 14.3 Å². The highest BCUT2D eigenvalue weighted by molar-refractivity contribution is 5.97. The molecule has 0 saturated heterocycles. The molecule has 1 aliphatic heterocycles. The van der Waals surface area contributed by atoms with E-state index in [0.29, 0.717) is 18.0 Å². The zero-order valence-electron chi connectivity index (χ0n) is 17.1. The number of aryl methyl sites for hydroxylation is 2. The van der Waals surface area contributed by atoms with Crippen LogP contribution in [0.15, 0.2) is 59.2 Å². The third-order valence-corrected chi connectivity index (χ3v) is 5.43. The van der Waals surface area contributed by atoms with Gasteiger partial charge in [0.2, 0.25) is 0 Å². The number of fused-ring (bicyclic) bond motifs is 1. The lowest BCUT2D eigenvalue weighted by Crippen LogP contribution is -2.25. The molecule has 2 aromatic heterocycles. The van der Waals surface area contributed by atoms with Gasteiger partial charge in [-0.2, -0.15) is 5.10 Å². The molecule has 3 heterocycles. The predicted molar refractivity (Wildman–Crippen MR) is 114 cm³/mol. The summed E-state index contributed by atoms with van der Waals surface area (Å²) < 4.78 is 26.5. The number of carbonyl (C=O) groups excluding carboxylic acids is 1. The fraction of sp³-hybridized carbons (Fsp3) is 0.167. The van der Waals surface area contributed by atoms with Crippen LogP contribution in [0.3, 0.4) is 0 Å². The SMILES string of the molecule is Cc1nn(Cc2ccoc2C)c(-c2ccc(F)cc2)c1-c1ccc2c(c1)NC(=O)CO2. The van der Waals surface area contributed by atoms with E-state index in [1.807, 2.05) is 42.8 Å².